The molecule has 0 unspecified atom stereocenters. The lowest BCUT2D eigenvalue weighted by Crippen LogP contribution is -2.46. The van der Waals surface area contributed by atoms with Crippen LogP contribution in [-0.4, -0.2) is 79.9 Å². The van der Waals surface area contributed by atoms with Crippen molar-refractivity contribution in [2.75, 3.05) is 62.6 Å². The Bertz CT molecular complexity index is 916. The molecule has 4 rings (SSSR count). The van der Waals surface area contributed by atoms with E-state index in [4.69, 9.17) is 0 Å². The lowest BCUT2D eigenvalue weighted by molar-refractivity contribution is -0.132. The van der Waals surface area contributed by atoms with Crippen LogP contribution in [0.2, 0.25) is 0 Å². The van der Waals surface area contributed by atoms with Gasteiger partial charge in [0.1, 0.15) is 0 Å². The minimum absolute atomic E-state index is 0.00443. The number of nitrogens with zero attached hydrogens (tertiary/aromatic N) is 3. The van der Waals surface area contributed by atoms with Gasteiger partial charge in [0.05, 0.1) is 11.4 Å². The molecular formula is C26H39N5O3. The Hall–Kier alpha value is -2.61. The second kappa shape index (κ2) is 10.3. The molecule has 2 heterocycles. The number of amides is 3. The summed E-state index contributed by atoms with van der Waals surface area (Å²) in [6.07, 6.45) is 3.26. The zero-order valence-corrected chi connectivity index (χ0v) is 20.9. The predicted molar refractivity (Wildman–Crippen MR) is 134 cm³/mol. The molecule has 0 atom stereocenters. The molecule has 2 aliphatic heterocycles. The van der Waals surface area contributed by atoms with Crippen LogP contribution >= 0.6 is 0 Å². The fraction of sp³-hybridized carbons (Fsp3) is 0.654. The summed E-state index contributed by atoms with van der Waals surface area (Å²) >= 11 is 0. The highest BCUT2D eigenvalue weighted by Gasteiger charge is 2.31. The summed E-state index contributed by atoms with van der Waals surface area (Å²) in [5, 5.41) is 6.38. The van der Waals surface area contributed by atoms with Crippen molar-refractivity contribution in [3.63, 3.8) is 0 Å². The van der Waals surface area contributed by atoms with Gasteiger partial charge in [-0.1, -0.05) is 20.8 Å². The predicted octanol–water partition coefficient (Wildman–Crippen LogP) is 2.56. The average Bonchev–Trinajstić information content (AvgIpc) is 3.65. The maximum Gasteiger partial charge on any atom is 0.254 e. The number of carbonyl (C=O) groups is 3. The molecular weight excluding hydrogens is 430 g/mol. The van der Waals surface area contributed by atoms with Gasteiger partial charge in [0.25, 0.3) is 5.91 Å². The third kappa shape index (κ3) is 6.29. The van der Waals surface area contributed by atoms with E-state index in [2.05, 4.69) is 36.3 Å². The lowest BCUT2D eigenvalue weighted by atomic mass is 9.91. The summed E-state index contributed by atoms with van der Waals surface area (Å²) < 4.78 is 0. The molecule has 8 heteroatoms. The summed E-state index contributed by atoms with van der Waals surface area (Å²) in [4.78, 5) is 44.6. The van der Waals surface area contributed by atoms with E-state index >= 15 is 0 Å². The monoisotopic (exact) mass is 469 g/mol. The van der Waals surface area contributed by atoms with Crippen molar-refractivity contribution in [1.82, 2.24) is 15.1 Å². The Kier molecular flexibility index (Phi) is 7.45. The third-order valence-electron chi connectivity index (χ3n) is 6.72. The van der Waals surface area contributed by atoms with Crippen LogP contribution in [0, 0.1) is 11.3 Å². The van der Waals surface area contributed by atoms with Crippen LogP contribution in [0.3, 0.4) is 0 Å². The van der Waals surface area contributed by atoms with Crippen molar-refractivity contribution in [3.05, 3.63) is 23.8 Å². The molecule has 1 aromatic carbocycles. The molecule has 1 saturated carbocycles. The molecule has 0 aromatic heterocycles. The maximum absolute atomic E-state index is 13.1. The summed E-state index contributed by atoms with van der Waals surface area (Å²) in [5.41, 5.74) is 2.20. The largest absolute Gasteiger partial charge is 0.368 e. The maximum atomic E-state index is 13.1. The van der Waals surface area contributed by atoms with Gasteiger partial charge in [0, 0.05) is 70.3 Å². The van der Waals surface area contributed by atoms with Crippen molar-refractivity contribution in [2.45, 2.75) is 46.5 Å². The Morgan fingerprint density at radius 1 is 0.971 bits per heavy atom. The van der Waals surface area contributed by atoms with Crippen molar-refractivity contribution in [1.29, 1.82) is 0 Å². The number of carbonyl (C=O) groups excluding carboxylic acids is 3. The minimum Gasteiger partial charge on any atom is -0.368 e. The Morgan fingerprint density at radius 2 is 1.71 bits per heavy atom. The first-order valence-corrected chi connectivity index (χ1v) is 12.7. The van der Waals surface area contributed by atoms with Gasteiger partial charge in [-0.05, 0) is 42.9 Å². The van der Waals surface area contributed by atoms with E-state index in [0.29, 0.717) is 43.9 Å². The van der Waals surface area contributed by atoms with Crippen LogP contribution in [0.15, 0.2) is 18.2 Å². The molecule has 3 aliphatic rings. The van der Waals surface area contributed by atoms with Gasteiger partial charge >= 0.3 is 0 Å². The number of anilines is 2. The highest BCUT2D eigenvalue weighted by atomic mass is 16.2. The molecule has 2 saturated heterocycles. The van der Waals surface area contributed by atoms with Gasteiger partial charge in [-0.25, -0.2) is 0 Å². The van der Waals surface area contributed by atoms with Crippen LogP contribution in [0.5, 0.6) is 0 Å². The standard InChI is InChI=1S/C26H39N5O3/c1-26(2,3)18-23(32)30-12-4-11-29(15-16-30)22-8-7-20(25(34)31-13-9-27-10-14-31)17-21(22)28-24(33)19-5-6-19/h7-8,17,19,27H,4-6,9-16,18H2,1-3H3,(H,28,33). The van der Waals surface area contributed by atoms with Crippen LogP contribution < -0.4 is 15.5 Å². The third-order valence-corrected chi connectivity index (χ3v) is 6.72. The van der Waals surface area contributed by atoms with Gasteiger partial charge < -0.3 is 25.3 Å². The Morgan fingerprint density at radius 3 is 2.38 bits per heavy atom. The normalized spacial score (nSPS) is 19.6. The number of piperazine rings is 1. The van der Waals surface area contributed by atoms with Crippen LogP contribution in [-0.2, 0) is 9.59 Å². The molecule has 0 bridgehead atoms. The smallest absolute Gasteiger partial charge is 0.254 e. The topological polar surface area (TPSA) is 85.0 Å². The molecule has 2 N–H and O–H groups in total. The first-order valence-electron chi connectivity index (χ1n) is 12.7. The highest BCUT2D eigenvalue weighted by molar-refractivity contribution is 6.01. The van der Waals surface area contributed by atoms with Crippen LogP contribution in [0.25, 0.3) is 0 Å². The van der Waals surface area contributed by atoms with Crippen molar-refractivity contribution in [2.24, 2.45) is 11.3 Å². The molecule has 8 nitrogen and oxygen atoms in total. The molecule has 3 amide bonds. The van der Waals surface area contributed by atoms with Crippen LogP contribution in [0.4, 0.5) is 11.4 Å². The lowest BCUT2D eigenvalue weighted by Gasteiger charge is -2.29. The van der Waals surface area contributed by atoms with E-state index in [1.54, 1.807) is 0 Å². The number of rotatable bonds is 5. The minimum atomic E-state index is -0.0316. The molecule has 34 heavy (non-hydrogen) atoms. The van der Waals surface area contributed by atoms with E-state index in [1.165, 1.54) is 0 Å². The zero-order valence-electron chi connectivity index (χ0n) is 20.9. The van der Waals surface area contributed by atoms with Gasteiger partial charge in [0.15, 0.2) is 0 Å². The molecule has 0 spiro atoms. The van der Waals surface area contributed by atoms with E-state index in [-0.39, 0.29) is 29.1 Å². The number of nitrogens with one attached hydrogen (secondary N) is 2. The first-order chi connectivity index (χ1) is 16.2. The first kappa shape index (κ1) is 24.5. The van der Waals surface area contributed by atoms with E-state index in [0.717, 1.165) is 51.1 Å². The Labute approximate surface area is 203 Å². The van der Waals surface area contributed by atoms with Gasteiger partial charge in [-0.15, -0.1) is 0 Å². The summed E-state index contributed by atoms with van der Waals surface area (Å²) in [7, 11) is 0. The molecule has 3 fully saturated rings. The molecule has 0 radical (unpaired) electrons. The average molecular weight is 470 g/mol. The fourth-order valence-corrected chi connectivity index (χ4v) is 4.65. The highest BCUT2D eigenvalue weighted by Crippen LogP contribution is 2.34. The second-order valence-corrected chi connectivity index (χ2v) is 11.0. The van der Waals surface area contributed by atoms with Crippen molar-refractivity contribution < 1.29 is 14.4 Å². The SMILES string of the molecule is CC(C)(C)CC(=O)N1CCCN(c2ccc(C(=O)N3CCNCC3)cc2NC(=O)C2CC2)CC1. The van der Waals surface area contributed by atoms with Crippen LogP contribution in [0.1, 0.15) is 56.8 Å². The van der Waals surface area contributed by atoms with Crippen molar-refractivity contribution >= 4 is 29.1 Å². The molecule has 1 aromatic rings. The van der Waals surface area contributed by atoms with E-state index in [9.17, 15) is 14.4 Å². The van der Waals surface area contributed by atoms with Gasteiger partial charge in [-0.2, -0.15) is 0 Å². The second-order valence-electron chi connectivity index (χ2n) is 11.0. The summed E-state index contributed by atoms with van der Waals surface area (Å²) in [6.45, 7) is 12.2. The number of benzene rings is 1. The molecule has 1 aliphatic carbocycles. The fourth-order valence-electron chi connectivity index (χ4n) is 4.65. The number of hydrogen-bond acceptors (Lipinski definition) is 5. The summed E-state index contributed by atoms with van der Waals surface area (Å²) in [5.74, 6) is 0.318. The van der Waals surface area contributed by atoms with Gasteiger partial charge in [-0.3, -0.25) is 14.4 Å². The zero-order chi connectivity index (χ0) is 24.3. The van der Waals surface area contributed by atoms with Crippen molar-refractivity contribution in [3.8, 4) is 0 Å². The Balaban J connectivity index is 1.52. The quantitative estimate of drug-likeness (QED) is 0.692. The summed E-state index contributed by atoms with van der Waals surface area (Å²) in [6, 6.07) is 5.68. The molecule has 186 valence electrons. The van der Waals surface area contributed by atoms with E-state index in [1.807, 2.05) is 28.0 Å². The van der Waals surface area contributed by atoms with Gasteiger partial charge in [0.2, 0.25) is 11.8 Å². The van der Waals surface area contributed by atoms with E-state index < -0.39 is 0 Å². The number of hydrogen-bond donors (Lipinski definition) is 2.